The Bertz CT molecular complexity index is 152. The molecular formula is C8H18N2O2. The van der Waals surface area contributed by atoms with Crippen molar-refractivity contribution in [2.45, 2.75) is 32.4 Å². The van der Waals surface area contributed by atoms with Gasteiger partial charge in [-0.15, -0.1) is 0 Å². The lowest BCUT2D eigenvalue weighted by Crippen LogP contribution is -2.52. The van der Waals surface area contributed by atoms with Gasteiger partial charge in [-0.25, -0.2) is 0 Å². The first-order valence-electron chi connectivity index (χ1n) is 4.01. The van der Waals surface area contributed by atoms with Gasteiger partial charge in [0.15, 0.2) is 0 Å². The highest BCUT2D eigenvalue weighted by atomic mass is 16.3. The van der Waals surface area contributed by atoms with Crippen molar-refractivity contribution >= 4 is 5.91 Å². The van der Waals surface area contributed by atoms with Crippen molar-refractivity contribution in [3.05, 3.63) is 0 Å². The number of carbonyl (C=O) groups excluding carboxylic acids is 1. The van der Waals surface area contributed by atoms with Crippen molar-refractivity contribution in [3.8, 4) is 0 Å². The highest BCUT2D eigenvalue weighted by Crippen LogP contribution is 2.00. The third-order valence-corrected chi connectivity index (χ3v) is 1.35. The molecule has 1 amide bonds. The number of aliphatic hydroxyl groups excluding tert-OH is 1. The number of aliphatic hydroxyl groups is 1. The van der Waals surface area contributed by atoms with E-state index in [0.717, 1.165) is 0 Å². The predicted octanol–water partition coefficient (Wildman–Crippen LogP) is -0.519. The summed E-state index contributed by atoms with van der Waals surface area (Å²) in [6.07, 6.45) is 0. The summed E-state index contributed by atoms with van der Waals surface area (Å²) >= 11 is 0. The Morgan fingerprint density at radius 3 is 2.25 bits per heavy atom. The molecule has 1 atom stereocenters. The Morgan fingerprint density at radius 2 is 2.00 bits per heavy atom. The van der Waals surface area contributed by atoms with Crippen LogP contribution in [0.4, 0.5) is 0 Å². The maximum absolute atomic E-state index is 11.1. The van der Waals surface area contributed by atoms with E-state index in [4.69, 9.17) is 5.11 Å². The highest BCUT2D eigenvalue weighted by Gasteiger charge is 2.21. The van der Waals surface area contributed by atoms with Gasteiger partial charge in [0, 0.05) is 12.6 Å². The molecule has 0 aromatic heterocycles. The fourth-order valence-corrected chi connectivity index (χ4v) is 0.891. The zero-order valence-corrected chi connectivity index (χ0v) is 8.14. The topological polar surface area (TPSA) is 61.4 Å². The molecule has 0 saturated carbocycles. The molecule has 0 aliphatic carbocycles. The van der Waals surface area contributed by atoms with Crippen LogP contribution in [0.5, 0.6) is 0 Å². The van der Waals surface area contributed by atoms with E-state index in [1.54, 1.807) is 7.05 Å². The summed E-state index contributed by atoms with van der Waals surface area (Å²) in [6, 6.07) is -0.519. The molecule has 0 fully saturated rings. The normalized spacial score (nSPS) is 14.1. The van der Waals surface area contributed by atoms with Crippen molar-refractivity contribution in [1.29, 1.82) is 0 Å². The van der Waals surface area contributed by atoms with Crippen molar-refractivity contribution in [2.75, 3.05) is 13.7 Å². The summed E-state index contributed by atoms with van der Waals surface area (Å²) < 4.78 is 0. The third kappa shape index (κ3) is 4.31. The fraction of sp³-hybridized carbons (Fsp3) is 0.875. The molecule has 12 heavy (non-hydrogen) atoms. The van der Waals surface area contributed by atoms with Crippen LogP contribution >= 0.6 is 0 Å². The highest BCUT2D eigenvalue weighted by molar-refractivity contribution is 5.81. The molecule has 0 rings (SSSR count). The van der Waals surface area contributed by atoms with Crippen molar-refractivity contribution < 1.29 is 9.90 Å². The van der Waals surface area contributed by atoms with Crippen molar-refractivity contribution in [2.24, 2.45) is 0 Å². The van der Waals surface area contributed by atoms with Crippen LogP contribution in [0.3, 0.4) is 0 Å². The summed E-state index contributed by atoms with van der Waals surface area (Å²) in [5, 5.41) is 14.3. The smallest absolute Gasteiger partial charge is 0.239 e. The third-order valence-electron chi connectivity index (χ3n) is 1.35. The zero-order chi connectivity index (χ0) is 9.78. The molecular weight excluding hydrogens is 156 g/mol. The number of amides is 1. The van der Waals surface area contributed by atoms with Gasteiger partial charge in [0.1, 0.15) is 6.04 Å². The van der Waals surface area contributed by atoms with Gasteiger partial charge >= 0.3 is 0 Å². The number of hydrogen-bond acceptors (Lipinski definition) is 3. The van der Waals surface area contributed by atoms with Crippen molar-refractivity contribution in [1.82, 2.24) is 10.6 Å². The minimum absolute atomic E-state index is 0.167. The van der Waals surface area contributed by atoms with Gasteiger partial charge in [0.2, 0.25) is 5.91 Å². The lowest BCUT2D eigenvalue weighted by Gasteiger charge is -2.26. The molecule has 4 heteroatoms. The van der Waals surface area contributed by atoms with E-state index >= 15 is 0 Å². The molecule has 0 saturated heterocycles. The van der Waals surface area contributed by atoms with Gasteiger partial charge in [-0.3, -0.25) is 10.1 Å². The van der Waals surface area contributed by atoms with E-state index in [0.29, 0.717) is 0 Å². The second-order valence-corrected chi connectivity index (χ2v) is 3.74. The lowest BCUT2D eigenvalue weighted by molar-refractivity contribution is -0.124. The average Bonchev–Trinajstić information content (AvgIpc) is 1.97. The molecule has 0 aliphatic rings. The molecule has 0 aromatic rings. The van der Waals surface area contributed by atoms with Gasteiger partial charge in [0.05, 0.1) is 6.61 Å². The van der Waals surface area contributed by atoms with Gasteiger partial charge in [-0.05, 0) is 20.8 Å². The molecule has 0 heterocycles. The maximum Gasteiger partial charge on any atom is 0.239 e. The Labute approximate surface area is 73.3 Å². The van der Waals surface area contributed by atoms with Crippen LogP contribution in [-0.4, -0.2) is 36.2 Å². The van der Waals surface area contributed by atoms with Crippen LogP contribution in [0, 0.1) is 0 Å². The Hall–Kier alpha value is -0.610. The number of nitrogens with one attached hydrogen (secondary N) is 2. The van der Waals surface area contributed by atoms with E-state index in [-0.39, 0.29) is 18.1 Å². The second-order valence-electron chi connectivity index (χ2n) is 3.74. The summed E-state index contributed by atoms with van der Waals surface area (Å²) in [4.78, 5) is 11.1. The minimum atomic E-state index is -0.519. The molecule has 0 radical (unpaired) electrons. The number of hydrogen-bond donors (Lipinski definition) is 3. The zero-order valence-electron chi connectivity index (χ0n) is 8.14. The van der Waals surface area contributed by atoms with Crippen LogP contribution in [0.2, 0.25) is 0 Å². The van der Waals surface area contributed by atoms with E-state index in [1.807, 2.05) is 20.8 Å². The Balaban J connectivity index is 4.09. The maximum atomic E-state index is 11.1. The quantitative estimate of drug-likeness (QED) is 0.539. The fourth-order valence-electron chi connectivity index (χ4n) is 0.891. The largest absolute Gasteiger partial charge is 0.394 e. The lowest BCUT2D eigenvalue weighted by atomic mass is 10.1. The monoisotopic (exact) mass is 174 g/mol. The van der Waals surface area contributed by atoms with Gasteiger partial charge < -0.3 is 10.4 Å². The molecule has 0 aromatic carbocycles. The summed E-state index contributed by atoms with van der Waals surface area (Å²) in [6.45, 7) is 5.65. The van der Waals surface area contributed by atoms with Gasteiger partial charge in [-0.2, -0.15) is 0 Å². The predicted molar refractivity (Wildman–Crippen MR) is 47.8 cm³/mol. The summed E-state index contributed by atoms with van der Waals surface area (Å²) in [7, 11) is 1.55. The number of likely N-dealkylation sites (N-methyl/N-ethyl adjacent to an activating group) is 1. The molecule has 0 aliphatic heterocycles. The summed E-state index contributed by atoms with van der Waals surface area (Å²) in [5.41, 5.74) is -0.167. The first-order chi connectivity index (χ1) is 5.40. The Kier molecular flexibility index (Phi) is 4.20. The number of carbonyl (C=O) groups is 1. The first kappa shape index (κ1) is 11.4. The van der Waals surface area contributed by atoms with E-state index in [2.05, 4.69) is 10.6 Å². The van der Waals surface area contributed by atoms with E-state index in [9.17, 15) is 4.79 Å². The van der Waals surface area contributed by atoms with Gasteiger partial charge in [-0.1, -0.05) is 0 Å². The van der Waals surface area contributed by atoms with E-state index in [1.165, 1.54) is 0 Å². The second kappa shape index (κ2) is 4.42. The molecule has 4 nitrogen and oxygen atoms in total. The van der Waals surface area contributed by atoms with Crippen LogP contribution in [0.15, 0.2) is 0 Å². The Morgan fingerprint density at radius 1 is 1.50 bits per heavy atom. The van der Waals surface area contributed by atoms with Crippen molar-refractivity contribution in [3.63, 3.8) is 0 Å². The molecule has 72 valence electrons. The SMILES string of the molecule is CNC(=O)[C@H](CO)NC(C)(C)C. The average molecular weight is 174 g/mol. The number of rotatable bonds is 3. The summed E-state index contributed by atoms with van der Waals surface area (Å²) in [5.74, 6) is -0.188. The van der Waals surface area contributed by atoms with E-state index < -0.39 is 6.04 Å². The van der Waals surface area contributed by atoms with Crippen LogP contribution in [0.1, 0.15) is 20.8 Å². The molecule has 0 bridgehead atoms. The van der Waals surface area contributed by atoms with Crippen LogP contribution in [-0.2, 0) is 4.79 Å². The first-order valence-corrected chi connectivity index (χ1v) is 4.01. The molecule has 0 spiro atoms. The molecule has 0 unspecified atom stereocenters. The van der Waals surface area contributed by atoms with Crippen LogP contribution in [0.25, 0.3) is 0 Å². The molecule has 3 N–H and O–H groups in total. The minimum Gasteiger partial charge on any atom is -0.394 e. The van der Waals surface area contributed by atoms with Gasteiger partial charge in [0.25, 0.3) is 0 Å². The van der Waals surface area contributed by atoms with Crippen LogP contribution < -0.4 is 10.6 Å². The standard InChI is InChI=1S/C8H18N2O2/c1-8(2,3)10-6(5-11)7(12)9-4/h6,10-11H,5H2,1-4H3,(H,9,12)/t6-/m0/s1.